The van der Waals surface area contributed by atoms with Crippen molar-refractivity contribution < 1.29 is 26.3 Å². The van der Waals surface area contributed by atoms with E-state index in [1.165, 1.54) is 50.8 Å². The third kappa shape index (κ3) is 4.96. The van der Waals surface area contributed by atoms with E-state index in [1.54, 1.807) is 0 Å². The van der Waals surface area contributed by atoms with Gasteiger partial charge in [0.15, 0.2) is 12.4 Å². The Hall–Kier alpha value is -0.610. The largest absolute Gasteiger partial charge is 1.00 e. The number of hydrogen-bond acceptors (Lipinski definition) is 2. The van der Waals surface area contributed by atoms with Crippen LogP contribution in [-0.4, -0.2) is 26.3 Å². The summed E-state index contributed by atoms with van der Waals surface area (Å²) in [7, 11) is 0. The van der Waals surface area contributed by atoms with Crippen LogP contribution in [0.3, 0.4) is 0 Å². The molecule has 1 aliphatic carbocycles. The highest BCUT2D eigenvalue weighted by Gasteiger charge is 2.16. The molecule has 1 saturated carbocycles. The summed E-state index contributed by atoms with van der Waals surface area (Å²) in [6, 6.07) is 4.51. The van der Waals surface area contributed by atoms with Crippen LogP contribution in [0.2, 0.25) is 0 Å². The van der Waals surface area contributed by atoms with E-state index in [9.17, 15) is 0 Å². The van der Waals surface area contributed by atoms with Crippen molar-refractivity contribution in [2.24, 2.45) is 5.92 Å². The summed E-state index contributed by atoms with van der Waals surface area (Å²) in [5.74, 6) is 0.968. The maximum Gasteiger partial charge on any atom is 0.170 e. The quantitative estimate of drug-likeness (QED) is 0.695. The van der Waals surface area contributed by atoms with Crippen LogP contribution < -0.4 is 26.4 Å². The molecule has 0 aromatic carbocycles. The van der Waals surface area contributed by atoms with Gasteiger partial charge >= 0.3 is 0 Å². The number of aromatic nitrogens is 1. The van der Waals surface area contributed by atoms with Crippen molar-refractivity contribution in [1.82, 2.24) is 0 Å². The fourth-order valence-corrected chi connectivity index (χ4v) is 3.44. The van der Waals surface area contributed by atoms with Crippen molar-refractivity contribution in [3.05, 3.63) is 24.5 Å². The number of anilines is 1. The molecule has 0 atom stereocenters. The summed E-state index contributed by atoms with van der Waals surface area (Å²) in [6.45, 7) is 4.93. The van der Waals surface area contributed by atoms with E-state index in [1.807, 2.05) is 0 Å². The van der Waals surface area contributed by atoms with Crippen molar-refractivity contribution in [1.29, 1.82) is 0 Å². The van der Waals surface area contributed by atoms with E-state index in [4.69, 9.17) is 4.74 Å². The van der Waals surface area contributed by atoms with Gasteiger partial charge in [-0.1, -0.05) is 32.1 Å². The predicted molar refractivity (Wildman–Crippen MR) is 80.9 cm³/mol. The molecule has 2 fully saturated rings. The highest BCUT2D eigenvalue weighted by atomic mass is 79.9. The van der Waals surface area contributed by atoms with Crippen molar-refractivity contribution in [3.8, 4) is 0 Å². The van der Waals surface area contributed by atoms with E-state index >= 15 is 0 Å². The molecule has 4 heteroatoms. The number of ether oxygens (including phenoxy) is 1. The molecule has 0 radical (unpaired) electrons. The number of rotatable bonds is 4. The lowest BCUT2D eigenvalue weighted by Crippen LogP contribution is -3.00. The van der Waals surface area contributed by atoms with Gasteiger partial charge in [0.05, 0.1) is 13.2 Å². The third-order valence-corrected chi connectivity index (χ3v) is 4.77. The molecule has 118 valence electrons. The second-order valence-electron chi connectivity index (χ2n) is 6.19. The Morgan fingerprint density at radius 2 is 1.71 bits per heavy atom. The zero-order valence-corrected chi connectivity index (χ0v) is 14.4. The van der Waals surface area contributed by atoms with Gasteiger partial charge in [0, 0.05) is 37.3 Å². The summed E-state index contributed by atoms with van der Waals surface area (Å²) in [6.07, 6.45) is 13.1. The minimum Gasteiger partial charge on any atom is -1.00 e. The minimum atomic E-state index is 0. The molecule has 1 aromatic heterocycles. The van der Waals surface area contributed by atoms with Crippen molar-refractivity contribution in [2.45, 2.75) is 45.1 Å². The summed E-state index contributed by atoms with van der Waals surface area (Å²) < 4.78 is 7.75. The summed E-state index contributed by atoms with van der Waals surface area (Å²) in [5, 5.41) is 0. The lowest BCUT2D eigenvalue weighted by atomic mass is 9.87. The van der Waals surface area contributed by atoms with Crippen LogP contribution >= 0.6 is 0 Å². The molecule has 1 aliphatic heterocycles. The summed E-state index contributed by atoms with van der Waals surface area (Å²) >= 11 is 0. The molecule has 1 aromatic rings. The average Bonchev–Trinajstić information content (AvgIpc) is 2.55. The lowest BCUT2D eigenvalue weighted by molar-refractivity contribution is -0.698. The van der Waals surface area contributed by atoms with E-state index < -0.39 is 0 Å². The molecular weight excluding hydrogens is 328 g/mol. The van der Waals surface area contributed by atoms with Crippen LogP contribution in [0.25, 0.3) is 0 Å². The van der Waals surface area contributed by atoms with Gasteiger partial charge in [-0.15, -0.1) is 0 Å². The van der Waals surface area contributed by atoms with Gasteiger partial charge in [-0.3, -0.25) is 0 Å². The van der Waals surface area contributed by atoms with Crippen LogP contribution in [0, 0.1) is 5.92 Å². The standard InChI is InChI=1S/C17H27N2O.BrH/c1-2-4-16(5-3-1)6-9-18-10-7-17(8-11-18)19-12-14-20-15-13-19;/h7-8,10-11,16H,1-6,9,12-15H2;1H/q+1;/p-1. The van der Waals surface area contributed by atoms with E-state index in [-0.39, 0.29) is 17.0 Å². The number of pyridine rings is 1. The Morgan fingerprint density at radius 3 is 2.38 bits per heavy atom. The zero-order valence-electron chi connectivity index (χ0n) is 12.8. The fraction of sp³-hybridized carbons (Fsp3) is 0.706. The highest BCUT2D eigenvalue weighted by molar-refractivity contribution is 5.43. The van der Waals surface area contributed by atoms with Gasteiger partial charge < -0.3 is 26.6 Å². The molecule has 1 saturated heterocycles. The molecule has 3 rings (SSSR count). The lowest BCUT2D eigenvalue weighted by Gasteiger charge is -2.28. The SMILES string of the molecule is [Br-].c1c[n+](CCC2CCCCC2)ccc1N1CCOCC1. The zero-order chi connectivity index (χ0) is 13.6. The van der Waals surface area contributed by atoms with E-state index in [0.717, 1.165) is 32.2 Å². The number of aryl methyl sites for hydroxylation is 1. The Bertz CT molecular complexity index is 398. The summed E-state index contributed by atoms with van der Waals surface area (Å²) in [4.78, 5) is 2.41. The van der Waals surface area contributed by atoms with Crippen LogP contribution in [0.5, 0.6) is 0 Å². The Balaban J connectivity index is 0.00000161. The molecule has 2 heterocycles. The second kappa shape index (κ2) is 8.74. The van der Waals surface area contributed by atoms with Gasteiger partial charge in [-0.2, -0.15) is 0 Å². The van der Waals surface area contributed by atoms with E-state index in [0.29, 0.717) is 0 Å². The van der Waals surface area contributed by atoms with Crippen molar-refractivity contribution in [3.63, 3.8) is 0 Å². The van der Waals surface area contributed by atoms with Crippen molar-refractivity contribution >= 4 is 5.69 Å². The molecule has 0 amide bonds. The minimum absolute atomic E-state index is 0. The van der Waals surface area contributed by atoms with Crippen LogP contribution in [0.1, 0.15) is 38.5 Å². The molecule has 2 aliphatic rings. The maximum absolute atomic E-state index is 5.40. The first-order valence-corrected chi connectivity index (χ1v) is 8.23. The number of hydrogen-bond donors (Lipinski definition) is 0. The number of halogens is 1. The maximum atomic E-state index is 5.40. The molecule has 0 unspecified atom stereocenters. The number of nitrogens with zero attached hydrogens (tertiary/aromatic N) is 2. The average molecular weight is 355 g/mol. The molecule has 0 spiro atoms. The van der Waals surface area contributed by atoms with Crippen LogP contribution in [-0.2, 0) is 11.3 Å². The molecule has 3 nitrogen and oxygen atoms in total. The number of morpholine rings is 1. The first kappa shape index (κ1) is 16.8. The topological polar surface area (TPSA) is 16.4 Å². The van der Waals surface area contributed by atoms with Gasteiger partial charge in [0.1, 0.15) is 6.54 Å². The predicted octanol–water partition coefficient (Wildman–Crippen LogP) is -0.215. The Morgan fingerprint density at radius 1 is 1.05 bits per heavy atom. The fourth-order valence-electron chi connectivity index (χ4n) is 3.44. The van der Waals surface area contributed by atoms with Crippen molar-refractivity contribution in [2.75, 3.05) is 31.2 Å². The smallest absolute Gasteiger partial charge is 0.170 e. The van der Waals surface area contributed by atoms with Gasteiger partial charge in [-0.25, -0.2) is 4.57 Å². The molecule has 0 N–H and O–H groups in total. The molecular formula is C17H27BrN2O. The first-order valence-electron chi connectivity index (χ1n) is 8.23. The Kier molecular flexibility index (Phi) is 6.97. The van der Waals surface area contributed by atoms with Crippen LogP contribution in [0.4, 0.5) is 5.69 Å². The monoisotopic (exact) mass is 354 g/mol. The third-order valence-electron chi connectivity index (χ3n) is 4.77. The normalized spacial score (nSPS) is 20.1. The van der Waals surface area contributed by atoms with Crippen LogP contribution in [0.15, 0.2) is 24.5 Å². The van der Waals surface area contributed by atoms with Gasteiger partial charge in [-0.05, 0) is 5.92 Å². The van der Waals surface area contributed by atoms with Gasteiger partial charge in [0.25, 0.3) is 0 Å². The van der Waals surface area contributed by atoms with Gasteiger partial charge in [0.2, 0.25) is 0 Å². The molecule has 21 heavy (non-hydrogen) atoms. The van der Waals surface area contributed by atoms with E-state index in [2.05, 4.69) is 34.0 Å². The Labute approximate surface area is 139 Å². The highest BCUT2D eigenvalue weighted by Crippen LogP contribution is 2.26. The second-order valence-corrected chi connectivity index (χ2v) is 6.19. The summed E-state index contributed by atoms with van der Waals surface area (Å²) in [5.41, 5.74) is 1.34. The molecule has 0 bridgehead atoms. The first-order chi connectivity index (χ1) is 9.92.